The number of carbonyl (C=O) groups is 5. The van der Waals surface area contributed by atoms with Crippen molar-refractivity contribution < 1.29 is 38.2 Å². The fourth-order valence-corrected chi connectivity index (χ4v) is 8.13. The number of hydrogen-bond acceptors (Lipinski definition) is 19. The number of ether oxygens (including phenoxy) is 3. The van der Waals surface area contributed by atoms with E-state index in [0.717, 1.165) is 0 Å². The third kappa shape index (κ3) is 19.9. The number of amides is 3. The third-order valence-electron chi connectivity index (χ3n) is 9.66. The zero-order valence-electron chi connectivity index (χ0n) is 41.2. The normalized spacial score (nSPS) is 11.8. The van der Waals surface area contributed by atoms with Gasteiger partial charge in [-0.3, -0.25) is 25.2 Å². The molecule has 0 saturated heterocycles. The molecule has 72 heavy (non-hydrogen) atoms. The summed E-state index contributed by atoms with van der Waals surface area (Å²) in [5.41, 5.74) is 41.8. The molecule has 22 N–H and O–H groups in total. The first-order valence-electron chi connectivity index (χ1n) is 23.2. The number of carbonyl (C=O) groups excluding carboxylic acids is 5. The van der Waals surface area contributed by atoms with Crippen LogP contribution in [-0.2, 0) is 14.3 Å². The highest BCUT2D eigenvalue weighted by atomic mass is 32.2. The summed E-state index contributed by atoms with van der Waals surface area (Å²) >= 11 is 2.45. The van der Waals surface area contributed by atoms with Gasteiger partial charge in [-0.05, 0) is 95.8 Å². The van der Waals surface area contributed by atoms with Gasteiger partial charge < -0.3 is 86.2 Å². The van der Waals surface area contributed by atoms with E-state index in [9.17, 15) is 24.0 Å². The first-order chi connectivity index (χ1) is 34.2. The van der Waals surface area contributed by atoms with Gasteiger partial charge >= 0.3 is 11.9 Å². The predicted molar refractivity (Wildman–Crippen MR) is 286 cm³/mol. The number of hydrogen-bond donors (Lipinski definition) is 15. The Balaban J connectivity index is 2.15. The highest BCUT2D eigenvalue weighted by molar-refractivity contribution is 7.99. The quantitative estimate of drug-likeness (QED) is 0.0150. The third-order valence-corrected chi connectivity index (χ3v) is 12.0. The Bertz CT molecular complexity index is 2250. The first kappa shape index (κ1) is 59.7. The second kappa shape index (κ2) is 30.3. The van der Waals surface area contributed by atoms with Gasteiger partial charge in [-0.25, -0.2) is 9.59 Å². The molecule has 3 aromatic carbocycles. The maximum absolute atomic E-state index is 14.5. The lowest BCUT2D eigenvalue weighted by molar-refractivity contribution is -0.117. The molecule has 0 saturated carbocycles. The van der Waals surface area contributed by atoms with E-state index in [2.05, 4.69) is 38.5 Å². The van der Waals surface area contributed by atoms with E-state index in [1.165, 1.54) is 66.0 Å². The lowest BCUT2D eigenvalue weighted by Gasteiger charge is -2.21. The number of nitrogens with two attached hydrogens (primary N) is 7. The van der Waals surface area contributed by atoms with E-state index in [0.29, 0.717) is 59.5 Å². The van der Waals surface area contributed by atoms with Crippen molar-refractivity contribution in [3.8, 4) is 5.75 Å². The largest absolute Gasteiger partial charge is 0.492 e. The molecule has 0 bridgehead atoms. The van der Waals surface area contributed by atoms with Crippen LogP contribution in [-0.4, -0.2) is 117 Å². The number of guanidine groups is 1. The predicted octanol–water partition coefficient (Wildman–Crippen LogP) is 2.81. The van der Waals surface area contributed by atoms with E-state index in [4.69, 9.17) is 65.2 Å². The standard InChI is InChI=1S/C47H71N15O8S2/c1-25(2)69-45(66)30-21-35(59-41(54)33(52)8-6-13-57-27(5)51)39(71-16-11-49)36(22-30)60-42(63)28-18-29(20-32(19-28)68-15-10-48)43(64)61-37-23-31(46(67)70-26(3)4)24-38(40(37)72-17-12-50)62-44(65)34(53)9-7-14-58-47(55)56/h18-26,33-34,57H,5-17,48-53H2,1-4H3,(H2,54,59)(H,60,63)(H,61,64)(H,62,65)(H4,55,56,58)/t33-,34-/m1/s1. The van der Waals surface area contributed by atoms with Crippen LogP contribution >= 0.6 is 23.5 Å². The van der Waals surface area contributed by atoms with Crippen LogP contribution < -0.4 is 76.8 Å². The number of benzene rings is 3. The van der Waals surface area contributed by atoms with Gasteiger partial charge in [-0.15, -0.1) is 23.5 Å². The van der Waals surface area contributed by atoms with Crippen molar-refractivity contribution in [2.45, 2.75) is 87.5 Å². The Morgan fingerprint density at radius 1 is 0.611 bits per heavy atom. The molecule has 25 heteroatoms. The van der Waals surface area contributed by atoms with Crippen molar-refractivity contribution >= 4 is 87.7 Å². The topological polar surface area (TPSA) is 415 Å². The molecule has 3 rings (SSSR count). The molecule has 3 amide bonds. The van der Waals surface area contributed by atoms with Crippen molar-refractivity contribution in [3.63, 3.8) is 0 Å². The van der Waals surface area contributed by atoms with Crippen LogP contribution in [0, 0.1) is 10.8 Å². The maximum Gasteiger partial charge on any atom is 0.338 e. The Labute approximate surface area is 428 Å². The fourth-order valence-electron chi connectivity index (χ4n) is 6.43. The summed E-state index contributed by atoms with van der Waals surface area (Å²) in [7, 11) is 0. The molecule has 0 spiro atoms. The van der Waals surface area contributed by atoms with Gasteiger partial charge in [-0.1, -0.05) is 6.58 Å². The molecule has 23 nitrogen and oxygen atoms in total. The zero-order chi connectivity index (χ0) is 53.5. The molecular formula is C47H71N15O8S2. The highest BCUT2D eigenvalue weighted by Crippen LogP contribution is 2.39. The van der Waals surface area contributed by atoms with Gasteiger partial charge in [0.1, 0.15) is 18.2 Å². The molecule has 394 valence electrons. The summed E-state index contributed by atoms with van der Waals surface area (Å²) in [6.07, 6.45) is 0.602. The van der Waals surface area contributed by atoms with Crippen LogP contribution in [0.15, 0.2) is 64.7 Å². The molecule has 0 aliphatic rings. The van der Waals surface area contributed by atoms with Crippen LogP contribution in [0.2, 0.25) is 0 Å². The summed E-state index contributed by atoms with van der Waals surface area (Å²) in [5.74, 6) is -2.69. The average Bonchev–Trinajstić information content (AvgIpc) is 3.31. The first-order valence-corrected chi connectivity index (χ1v) is 25.1. The number of rotatable bonds is 30. The lowest BCUT2D eigenvalue weighted by atomic mass is 10.1. The molecule has 2 atom stereocenters. The van der Waals surface area contributed by atoms with Gasteiger partial charge in [0, 0.05) is 55.4 Å². The smallest absolute Gasteiger partial charge is 0.338 e. The number of anilines is 4. The van der Waals surface area contributed by atoms with Gasteiger partial charge in [-0.2, -0.15) is 0 Å². The van der Waals surface area contributed by atoms with Gasteiger partial charge in [0.25, 0.3) is 11.8 Å². The molecule has 0 aliphatic carbocycles. The summed E-state index contributed by atoms with van der Waals surface area (Å²) in [6.45, 7) is 11.7. The number of esters is 2. The minimum absolute atomic E-state index is 0.00838. The molecule has 0 radical (unpaired) electrons. The zero-order valence-corrected chi connectivity index (χ0v) is 42.8. The maximum atomic E-state index is 14.5. The lowest BCUT2D eigenvalue weighted by Crippen LogP contribution is -2.37. The van der Waals surface area contributed by atoms with Crippen molar-refractivity contribution in [2.75, 3.05) is 72.1 Å². The van der Waals surface area contributed by atoms with Crippen molar-refractivity contribution in [3.05, 3.63) is 77.1 Å². The molecule has 0 fully saturated rings. The van der Waals surface area contributed by atoms with Crippen molar-refractivity contribution in [1.29, 1.82) is 10.8 Å². The van der Waals surface area contributed by atoms with Crippen LogP contribution in [0.1, 0.15) is 94.8 Å². The summed E-state index contributed by atoms with van der Waals surface area (Å²) in [4.78, 5) is 70.0. The monoisotopic (exact) mass is 1040 g/mol. The van der Waals surface area contributed by atoms with Crippen molar-refractivity contribution in [1.82, 2.24) is 10.6 Å². The Kier molecular flexibility index (Phi) is 25.1. The fraction of sp³-hybridized carbons (Fsp3) is 0.426. The Morgan fingerprint density at radius 2 is 1.06 bits per heavy atom. The van der Waals surface area contributed by atoms with Crippen LogP contribution in [0.5, 0.6) is 5.75 Å². The van der Waals surface area contributed by atoms with E-state index in [-0.39, 0.29) is 95.2 Å². The summed E-state index contributed by atoms with van der Waals surface area (Å²) in [5, 5.41) is 33.3. The molecule has 3 aromatic rings. The highest BCUT2D eigenvalue weighted by Gasteiger charge is 2.25. The minimum atomic E-state index is -1.00. The van der Waals surface area contributed by atoms with Gasteiger partial charge in [0.05, 0.1) is 73.8 Å². The van der Waals surface area contributed by atoms with Gasteiger partial charge in [0.2, 0.25) is 5.91 Å². The van der Waals surface area contributed by atoms with Crippen LogP contribution in [0.4, 0.5) is 22.7 Å². The summed E-state index contributed by atoms with van der Waals surface area (Å²) in [6, 6.07) is 8.14. The molecule has 0 aromatic heterocycles. The number of amidine groups is 1. The van der Waals surface area contributed by atoms with Crippen LogP contribution in [0.25, 0.3) is 0 Å². The van der Waals surface area contributed by atoms with E-state index < -0.39 is 54.0 Å². The molecule has 0 heterocycles. The van der Waals surface area contributed by atoms with E-state index >= 15 is 0 Å². The Hall–Kier alpha value is -6.61. The number of thioether (sulfide) groups is 2. The number of nitrogens with one attached hydrogen (secondary N) is 8. The Morgan fingerprint density at radius 3 is 1.49 bits per heavy atom. The average molecular weight is 1040 g/mol. The molecular weight excluding hydrogens is 967 g/mol. The summed E-state index contributed by atoms with van der Waals surface area (Å²) < 4.78 is 16.8. The van der Waals surface area contributed by atoms with Crippen LogP contribution in [0.3, 0.4) is 0 Å². The van der Waals surface area contributed by atoms with E-state index in [1.54, 1.807) is 27.7 Å². The second-order valence-electron chi connectivity index (χ2n) is 16.6. The second-order valence-corrected chi connectivity index (χ2v) is 18.8. The van der Waals surface area contributed by atoms with Crippen molar-refractivity contribution in [2.24, 2.45) is 40.1 Å². The SMILES string of the molecule is C=C(N)NCCC[C@@H](N)C(=N)Nc1cc(C(=O)OC(C)C)cc(NC(=O)c2cc(OCCN)cc(C(=O)Nc3cc(C(=O)OC(C)C)cc(NC(=O)[C@H](N)CCCNC(=N)N)c3SCCN)c2)c1SCCN. The molecule has 0 aliphatic heterocycles. The molecule has 0 unspecified atom stereocenters. The van der Waals surface area contributed by atoms with Gasteiger partial charge in [0.15, 0.2) is 5.96 Å². The van der Waals surface area contributed by atoms with E-state index in [1.807, 2.05) is 0 Å². The minimum Gasteiger partial charge on any atom is -0.492 e.